The average Bonchev–Trinajstić information content (AvgIpc) is 3.04. The van der Waals surface area contributed by atoms with Crippen LogP contribution in [0.2, 0.25) is 0 Å². The smallest absolute Gasteiger partial charge is 0.290 e. The standard InChI is InChI=1S/C18H16N2O2/c1-13-7-9-15(10-8-13)16-11-17(22-20-16)18(21)19-12-14-5-3-2-4-6-14/h2-11H,12H2,1H3,(H,19,21). The fourth-order valence-electron chi connectivity index (χ4n) is 2.11. The van der Waals surface area contributed by atoms with E-state index in [-0.39, 0.29) is 11.7 Å². The molecule has 4 nitrogen and oxygen atoms in total. The van der Waals surface area contributed by atoms with Gasteiger partial charge >= 0.3 is 0 Å². The Hall–Kier alpha value is -2.88. The highest BCUT2D eigenvalue weighted by atomic mass is 16.5. The summed E-state index contributed by atoms with van der Waals surface area (Å²) in [5, 5.41) is 6.77. The van der Waals surface area contributed by atoms with Gasteiger partial charge in [0.2, 0.25) is 5.76 Å². The second-order valence-electron chi connectivity index (χ2n) is 5.11. The predicted octanol–water partition coefficient (Wildman–Crippen LogP) is 3.58. The molecule has 0 unspecified atom stereocenters. The SMILES string of the molecule is Cc1ccc(-c2cc(C(=O)NCc3ccccc3)on2)cc1. The minimum absolute atomic E-state index is 0.214. The van der Waals surface area contributed by atoms with Gasteiger partial charge in [0.25, 0.3) is 5.91 Å². The highest BCUT2D eigenvalue weighted by Crippen LogP contribution is 2.19. The summed E-state index contributed by atoms with van der Waals surface area (Å²) in [7, 11) is 0. The Balaban J connectivity index is 1.68. The molecule has 0 radical (unpaired) electrons. The maximum absolute atomic E-state index is 12.1. The van der Waals surface area contributed by atoms with Crippen LogP contribution in [0.1, 0.15) is 21.7 Å². The van der Waals surface area contributed by atoms with E-state index in [1.54, 1.807) is 6.07 Å². The summed E-state index contributed by atoms with van der Waals surface area (Å²) < 4.78 is 5.14. The molecule has 0 fully saturated rings. The Morgan fingerprint density at radius 3 is 2.55 bits per heavy atom. The number of rotatable bonds is 4. The van der Waals surface area contributed by atoms with Crippen LogP contribution >= 0.6 is 0 Å². The van der Waals surface area contributed by atoms with Gasteiger partial charge in [0.05, 0.1) is 0 Å². The summed E-state index contributed by atoms with van der Waals surface area (Å²) >= 11 is 0. The zero-order valence-electron chi connectivity index (χ0n) is 12.2. The van der Waals surface area contributed by atoms with Crippen LogP contribution in [-0.4, -0.2) is 11.1 Å². The number of hydrogen-bond acceptors (Lipinski definition) is 3. The fraction of sp³-hybridized carbons (Fsp3) is 0.111. The molecule has 0 aliphatic heterocycles. The molecule has 1 amide bonds. The number of amides is 1. The normalized spacial score (nSPS) is 10.4. The Morgan fingerprint density at radius 1 is 1.09 bits per heavy atom. The van der Waals surface area contributed by atoms with Gasteiger partial charge in [-0.3, -0.25) is 4.79 Å². The Kier molecular flexibility index (Phi) is 4.01. The van der Waals surface area contributed by atoms with E-state index in [0.717, 1.165) is 11.1 Å². The average molecular weight is 292 g/mol. The van der Waals surface area contributed by atoms with E-state index in [0.29, 0.717) is 12.2 Å². The summed E-state index contributed by atoms with van der Waals surface area (Å²) in [4.78, 5) is 12.1. The third-order valence-corrected chi connectivity index (χ3v) is 3.38. The minimum atomic E-state index is -0.269. The molecule has 4 heteroatoms. The lowest BCUT2D eigenvalue weighted by molar-refractivity contribution is 0.0914. The number of hydrogen-bond donors (Lipinski definition) is 1. The van der Waals surface area contributed by atoms with Crippen LogP contribution in [0.5, 0.6) is 0 Å². The molecular weight excluding hydrogens is 276 g/mol. The Morgan fingerprint density at radius 2 is 1.82 bits per heavy atom. The van der Waals surface area contributed by atoms with Crippen LogP contribution < -0.4 is 5.32 Å². The molecule has 110 valence electrons. The van der Waals surface area contributed by atoms with Crippen molar-refractivity contribution in [3.63, 3.8) is 0 Å². The summed E-state index contributed by atoms with van der Waals surface area (Å²) in [6.07, 6.45) is 0. The van der Waals surface area contributed by atoms with E-state index in [1.807, 2.05) is 61.5 Å². The van der Waals surface area contributed by atoms with Crippen LogP contribution in [0, 0.1) is 6.92 Å². The van der Waals surface area contributed by atoms with E-state index in [2.05, 4.69) is 10.5 Å². The fourth-order valence-corrected chi connectivity index (χ4v) is 2.11. The molecular formula is C18H16N2O2. The number of carbonyl (C=O) groups excluding carboxylic acids is 1. The molecule has 22 heavy (non-hydrogen) atoms. The van der Waals surface area contributed by atoms with Crippen LogP contribution in [0.4, 0.5) is 0 Å². The van der Waals surface area contributed by atoms with Crippen molar-refractivity contribution in [3.8, 4) is 11.3 Å². The monoisotopic (exact) mass is 292 g/mol. The molecule has 3 aromatic rings. The first kappa shape index (κ1) is 14.1. The largest absolute Gasteiger partial charge is 0.350 e. The van der Waals surface area contributed by atoms with E-state index in [9.17, 15) is 4.79 Å². The van der Waals surface area contributed by atoms with Crippen molar-refractivity contribution < 1.29 is 9.32 Å². The Labute approximate surface area is 128 Å². The van der Waals surface area contributed by atoms with Gasteiger partial charge < -0.3 is 9.84 Å². The van der Waals surface area contributed by atoms with Crippen molar-refractivity contribution >= 4 is 5.91 Å². The lowest BCUT2D eigenvalue weighted by atomic mass is 10.1. The van der Waals surface area contributed by atoms with Gasteiger partial charge in [-0.2, -0.15) is 0 Å². The van der Waals surface area contributed by atoms with Crippen molar-refractivity contribution in [2.45, 2.75) is 13.5 Å². The van der Waals surface area contributed by atoms with E-state index >= 15 is 0 Å². The molecule has 0 aliphatic rings. The van der Waals surface area contributed by atoms with Gasteiger partial charge in [-0.25, -0.2) is 0 Å². The van der Waals surface area contributed by atoms with Crippen molar-refractivity contribution in [2.24, 2.45) is 0 Å². The molecule has 0 saturated heterocycles. The van der Waals surface area contributed by atoms with Crippen molar-refractivity contribution in [1.82, 2.24) is 10.5 Å². The highest BCUT2D eigenvalue weighted by molar-refractivity contribution is 5.92. The zero-order valence-corrected chi connectivity index (χ0v) is 12.2. The summed E-state index contributed by atoms with van der Waals surface area (Å²) in [5.74, 6) is -0.0544. The van der Waals surface area contributed by atoms with Gasteiger partial charge in [-0.1, -0.05) is 65.3 Å². The van der Waals surface area contributed by atoms with Crippen LogP contribution in [-0.2, 0) is 6.54 Å². The first-order chi connectivity index (χ1) is 10.7. The predicted molar refractivity (Wildman–Crippen MR) is 84.3 cm³/mol. The quantitative estimate of drug-likeness (QED) is 0.799. The van der Waals surface area contributed by atoms with Gasteiger partial charge in [0.1, 0.15) is 5.69 Å². The summed E-state index contributed by atoms with van der Waals surface area (Å²) in [6, 6.07) is 19.3. The van der Waals surface area contributed by atoms with Crippen LogP contribution in [0.15, 0.2) is 65.2 Å². The first-order valence-electron chi connectivity index (χ1n) is 7.08. The zero-order chi connectivity index (χ0) is 15.4. The van der Waals surface area contributed by atoms with Gasteiger partial charge in [-0.15, -0.1) is 0 Å². The molecule has 0 bridgehead atoms. The second-order valence-corrected chi connectivity index (χ2v) is 5.11. The maximum Gasteiger partial charge on any atom is 0.290 e. The number of aromatic nitrogens is 1. The van der Waals surface area contributed by atoms with E-state index in [1.165, 1.54) is 5.56 Å². The van der Waals surface area contributed by atoms with Gasteiger partial charge in [0, 0.05) is 18.2 Å². The summed E-state index contributed by atoms with van der Waals surface area (Å²) in [6.45, 7) is 2.48. The maximum atomic E-state index is 12.1. The summed E-state index contributed by atoms with van der Waals surface area (Å²) in [5.41, 5.74) is 3.79. The molecule has 0 spiro atoms. The molecule has 1 N–H and O–H groups in total. The molecule has 1 heterocycles. The van der Waals surface area contributed by atoms with Crippen LogP contribution in [0.3, 0.4) is 0 Å². The topological polar surface area (TPSA) is 55.1 Å². The van der Waals surface area contributed by atoms with Crippen LogP contribution in [0.25, 0.3) is 11.3 Å². The number of benzene rings is 2. The van der Waals surface area contributed by atoms with E-state index < -0.39 is 0 Å². The number of nitrogens with one attached hydrogen (secondary N) is 1. The third kappa shape index (κ3) is 3.23. The molecule has 3 rings (SSSR count). The van der Waals surface area contributed by atoms with Gasteiger partial charge in [-0.05, 0) is 12.5 Å². The molecule has 1 aromatic heterocycles. The van der Waals surface area contributed by atoms with Crippen molar-refractivity contribution in [2.75, 3.05) is 0 Å². The molecule has 0 aliphatic carbocycles. The van der Waals surface area contributed by atoms with Crippen molar-refractivity contribution in [1.29, 1.82) is 0 Å². The third-order valence-electron chi connectivity index (χ3n) is 3.38. The van der Waals surface area contributed by atoms with E-state index in [4.69, 9.17) is 4.52 Å². The molecule has 2 aromatic carbocycles. The minimum Gasteiger partial charge on any atom is -0.350 e. The highest BCUT2D eigenvalue weighted by Gasteiger charge is 2.13. The molecule has 0 saturated carbocycles. The lowest BCUT2D eigenvalue weighted by Crippen LogP contribution is -2.22. The number of carbonyl (C=O) groups is 1. The van der Waals surface area contributed by atoms with Gasteiger partial charge in [0.15, 0.2) is 0 Å². The molecule has 0 atom stereocenters. The first-order valence-corrected chi connectivity index (χ1v) is 7.08. The van der Waals surface area contributed by atoms with Crippen molar-refractivity contribution in [3.05, 3.63) is 77.6 Å². The second kappa shape index (κ2) is 6.26. The Bertz CT molecular complexity index is 761. The number of nitrogens with zero attached hydrogens (tertiary/aromatic N) is 1. The number of aryl methyl sites for hydroxylation is 1. The lowest BCUT2D eigenvalue weighted by Gasteiger charge is -2.02.